The molecular formula is C46H51N11O9. The normalized spacial score (nSPS) is 16.5. The molecule has 0 radical (unpaired) electrons. The number of ether oxygens (including phenoxy) is 2. The van der Waals surface area contributed by atoms with Gasteiger partial charge in [0.15, 0.2) is 11.5 Å². The summed E-state index contributed by atoms with van der Waals surface area (Å²) in [5.74, 6) is -1.53. The van der Waals surface area contributed by atoms with Gasteiger partial charge in [0.2, 0.25) is 23.7 Å². The van der Waals surface area contributed by atoms with Crippen LogP contribution < -0.4 is 26.4 Å². The minimum Gasteiger partial charge on any atom is -0.384 e. The molecule has 1 atom stereocenters. The molecule has 5 aromatic rings. The maximum atomic E-state index is 13.4. The maximum absolute atomic E-state index is 13.4. The highest BCUT2D eigenvalue weighted by molar-refractivity contribution is 6.25. The van der Waals surface area contributed by atoms with Crippen molar-refractivity contribution >= 4 is 63.6 Å². The van der Waals surface area contributed by atoms with Crippen molar-refractivity contribution in [3.63, 3.8) is 0 Å². The molecule has 6 heterocycles. The van der Waals surface area contributed by atoms with Gasteiger partial charge in [-0.3, -0.25) is 39.0 Å². The number of nitrogens with zero attached hydrogens (tertiary/aromatic N) is 8. The quantitative estimate of drug-likeness (QED) is 0.0562. The lowest BCUT2D eigenvalue weighted by molar-refractivity contribution is -0.136. The molecule has 2 aromatic carbocycles. The highest BCUT2D eigenvalue weighted by Gasteiger charge is 2.45. The van der Waals surface area contributed by atoms with E-state index in [1.54, 1.807) is 61.0 Å². The third kappa shape index (κ3) is 9.56. The number of aromatic nitrogens is 5. The van der Waals surface area contributed by atoms with Crippen molar-refractivity contribution in [2.24, 2.45) is 0 Å². The van der Waals surface area contributed by atoms with Crippen LogP contribution >= 0.6 is 0 Å². The number of hydrogen-bond donors (Lipinski definition) is 4. The Morgan fingerprint density at radius 1 is 0.924 bits per heavy atom. The minimum atomic E-state index is -1.20. The largest absolute Gasteiger partial charge is 0.384 e. The van der Waals surface area contributed by atoms with Crippen LogP contribution in [0.2, 0.25) is 0 Å². The van der Waals surface area contributed by atoms with Crippen LogP contribution in [-0.2, 0) is 36.0 Å². The number of nitrogens with one attached hydrogen (secondary N) is 3. The number of hydrogen-bond acceptors (Lipinski definition) is 15. The number of amides is 5. The lowest BCUT2D eigenvalue weighted by Gasteiger charge is -2.36. The van der Waals surface area contributed by atoms with E-state index in [1.807, 2.05) is 29.2 Å². The Hall–Kier alpha value is -7.29. The number of rotatable bonds is 18. The summed E-state index contributed by atoms with van der Waals surface area (Å²) in [5.41, 5.74) is 1.87. The molecule has 3 aromatic heterocycles. The van der Waals surface area contributed by atoms with Gasteiger partial charge < -0.3 is 35.0 Å². The second kappa shape index (κ2) is 19.4. The van der Waals surface area contributed by atoms with Crippen molar-refractivity contribution in [1.82, 2.24) is 39.4 Å². The Morgan fingerprint density at radius 3 is 2.39 bits per heavy atom. The van der Waals surface area contributed by atoms with Crippen molar-refractivity contribution in [3.05, 3.63) is 107 Å². The Labute approximate surface area is 379 Å². The van der Waals surface area contributed by atoms with E-state index in [0.717, 1.165) is 16.3 Å². The molecule has 66 heavy (non-hydrogen) atoms. The van der Waals surface area contributed by atoms with Gasteiger partial charge in [-0.1, -0.05) is 18.2 Å². The first-order valence-electron chi connectivity index (χ1n) is 21.8. The predicted octanol–water partition coefficient (Wildman–Crippen LogP) is 2.72. The van der Waals surface area contributed by atoms with Crippen LogP contribution in [0.25, 0.3) is 16.9 Å². The Balaban J connectivity index is 0.750. The van der Waals surface area contributed by atoms with Crippen molar-refractivity contribution in [3.8, 4) is 5.82 Å². The maximum Gasteiger partial charge on any atom is 0.278 e. The van der Waals surface area contributed by atoms with E-state index < -0.39 is 35.3 Å². The zero-order valence-corrected chi connectivity index (χ0v) is 36.7. The van der Waals surface area contributed by atoms with E-state index in [9.17, 15) is 33.9 Å². The predicted molar refractivity (Wildman–Crippen MR) is 243 cm³/mol. The first-order chi connectivity index (χ1) is 31.8. The summed E-state index contributed by atoms with van der Waals surface area (Å²) in [5, 5.41) is 19.5. The third-order valence-corrected chi connectivity index (χ3v) is 11.5. The van der Waals surface area contributed by atoms with E-state index in [0.29, 0.717) is 74.2 Å². The molecule has 1 unspecified atom stereocenters. The van der Waals surface area contributed by atoms with Gasteiger partial charge >= 0.3 is 0 Å². The molecule has 4 N–H and O–H groups in total. The second-order valence-electron chi connectivity index (χ2n) is 16.5. The summed E-state index contributed by atoms with van der Waals surface area (Å²) in [6, 6.07) is 16.9. The first-order valence-corrected chi connectivity index (χ1v) is 21.8. The van der Waals surface area contributed by atoms with E-state index in [2.05, 4.69) is 37.4 Å². The van der Waals surface area contributed by atoms with Gasteiger partial charge in [-0.05, 0) is 68.8 Å². The lowest BCUT2D eigenvalue weighted by Crippen LogP contribution is -2.54. The monoisotopic (exact) mass is 901 g/mol. The zero-order chi connectivity index (χ0) is 46.5. The summed E-state index contributed by atoms with van der Waals surface area (Å²) < 4.78 is 14.4. The SMILES string of the molecule is C=CCn1c(=O)c2cnc(Nc3ccc(N4CCN(C(=O)CCOCCOCCNc5cccc6c5C(=O)N(C5CCC(=O)NC5=O)C6=O)CC4)cc3)nc2n1-c1cccc(C(C)(C)O)n1. The fourth-order valence-corrected chi connectivity index (χ4v) is 8.15. The standard InChI is InChI=1S/C46H51N11O9/c1-4-19-55-42(61)32-28-48-45(52-40(32)57(55)36-10-6-9-35(50-36)46(2,3)64)49-29-11-13-30(14-12-29)53-20-22-54(23-21-53)38(59)17-24-65-26-27-66-25-18-47-33-8-5-7-31-39(33)44(63)56(43(31)62)34-15-16-37(58)51-41(34)60/h4-14,28,34,47,64H,1,15-27H2,2-3H3,(H,48,49,52)(H,51,58,60). The summed E-state index contributed by atoms with van der Waals surface area (Å²) in [7, 11) is 0. The zero-order valence-electron chi connectivity index (χ0n) is 36.7. The Bertz CT molecular complexity index is 2740. The molecule has 5 amide bonds. The minimum absolute atomic E-state index is 0.0156. The van der Waals surface area contributed by atoms with Crippen molar-refractivity contribution in [2.45, 2.75) is 51.3 Å². The molecule has 2 saturated heterocycles. The van der Waals surface area contributed by atoms with E-state index >= 15 is 0 Å². The van der Waals surface area contributed by atoms with Gasteiger partial charge in [-0.15, -0.1) is 6.58 Å². The molecule has 0 spiro atoms. The number of anilines is 4. The van der Waals surface area contributed by atoms with Gasteiger partial charge in [0.05, 0.1) is 56.2 Å². The van der Waals surface area contributed by atoms with Crippen LogP contribution in [0.3, 0.4) is 0 Å². The first kappa shape index (κ1) is 45.3. The number of aliphatic hydroxyl groups is 1. The van der Waals surface area contributed by atoms with Crippen molar-refractivity contribution < 1.29 is 38.6 Å². The molecule has 3 aliphatic heterocycles. The molecule has 3 aliphatic rings. The molecule has 2 fully saturated rings. The van der Waals surface area contributed by atoms with Crippen LogP contribution in [0.5, 0.6) is 0 Å². The third-order valence-electron chi connectivity index (χ3n) is 11.5. The smallest absolute Gasteiger partial charge is 0.278 e. The van der Waals surface area contributed by atoms with E-state index in [-0.39, 0.29) is 67.6 Å². The summed E-state index contributed by atoms with van der Waals surface area (Å²) >= 11 is 0. The highest BCUT2D eigenvalue weighted by atomic mass is 16.5. The van der Waals surface area contributed by atoms with E-state index in [4.69, 9.17) is 14.5 Å². The highest BCUT2D eigenvalue weighted by Crippen LogP contribution is 2.32. The average Bonchev–Trinajstić information content (AvgIpc) is 3.73. The van der Waals surface area contributed by atoms with Crippen LogP contribution in [0, 0.1) is 0 Å². The molecule has 0 aliphatic carbocycles. The number of fused-ring (bicyclic) bond motifs is 2. The van der Waals surface area contributed by atoms with E-state index in [1.165, 1.54) is 10.9 Å². The topological polar surface area (TPSA) is 235 Å². The van der Waals surface area contributed by atoms with Gasteiger partial charge in [0, 0.05) is 62.4 Å². The summed E-state index contributed by atoms with van der Waals surface area (Å²) in [4.78, 5) is 95.4. The fraction of sp³-hybridized carbons (Fsp3) is 0.370. The number of allylic oxidation sites excluding steroid dienone is 1. The fourth-order valence-electron chi connectivity index (χ4n) is 8.15. The number of piperidine rings is 1. The van der Waals surface area contributed by atoms with Crippen LogP contribution in [0.1, 0.15) is 59.5 Å². The molecule has 0 saturated carbocycles. The molecule has 344 valence electrons. The van der Waals surface area contributed by atoms with Crippen LogP contribution in [-0.4, -0.2) is 134 Å². The average molecular weight is 902 g/mol. The Morgan fingerprint density at radius 2 is 1.67 bits per heavy atom. The van der Waals surface area contributed by atoms with Crippen LogP contribution in [0.15, 0.2) is 84.3 Å². The van der Waals surface area contributed by atoms with Crippen LogP contribution in [0.4, 0.5) is 23.0 Å². The number of carbonyl (C=O) groups is 5. The Kier molecular flexibility index (Phi) is 13.3. The molecular weight excluding hydrogens is 851 g/mol. The number of benzene rings is 2. The van der Waals surface area contributed by atoms with Crippen molar-refractivity contribution in [1.29, 1.82) is 0 Å². The molecule has 20 nitrogen and oxygen atoms in total. The number of carbonyl (C=O) groups excluding carboxylic acids is 5. The van der Waals surface area contributed by atoms with Gasteiger partial charge in [-0.25, -0.2) is 19.3 Å². The molecule has 20 heteroatoms. The van der Waals surface area contributed by atoms with Crippen molar-refractivity contribution in [2.75, 3.05) is 74.7 Å². The van der Waals surface area contributed by atoms with Gasteiger partial charge in [0.25, 0.3) is 17.4 Å². The summed E-state index contributed by atoms with van der Waals surface area (Å²) in [6.45, 7) is 11.2. The number of piperazine rings is 1. The molecule has 0 bridgehead atoms. The van der Waals surface area contributed by atoms with Gasteiger partial charge in [0.1, 0.15) is 17.0 Å². The lowest BCUT2D eigenvalue weighted by atomic mass is 10.0. The number of pyridine rings is 1. The van der Waals surface area contributed by atoms with Gasteiger partial charge in [-0.2, -0.15) is 4.98 Å². The second-order valence-corrected chi connectivity index (χ2v) is 16.5. The summed E-state index contributed by atoms with van der Waals surface area (Å²) in [6.07, 6.45) is 3.47. The molecule has 8 rings (SSSR count). The number of imide groups is 2.